The molecule has 1 aliphatic heterocycles. The van der Waals surface area contributed by atoms with Crippen molar-refractivity contribution >= 4 is 21.7 Å². The maximum absolute atomic E-state index is 13.4. The van der Waals surface area contributed by atoms with E-state index >= 15 is 0 Å². The second-order valence-corrected chi connectivity index (χ2v) is 11.4. The number of benzene rings is 2. The Kier molecular flexibility index (Phi) is 7.14. The number of sulfonamides is 1. The summed E-state index contributed by atoms with van der Waals surface area (Å²) in [5.41, 5.74) is 2.73. The maximum atomic E-state index is 13.4. The number of anilines is 1. The van der Waals surface area contributed by atoms with E-state index in [1.54, 1.807) is 30.0 Å². The number of nitrogens with zero attached hydrogens (tertiary/aromatic N) is 5. The predicted molar refractivity (Wildman–Crippen MR) is 135 cm³/mol. The normalized spacial score (nSPS) is 16.1. The van der Waals surface area contributed by atoms with Gasteiger partial charge in [0.05, 0.1) is 17.5 Å². The first-order chi connectivity index (χ1) is 17.0. The summed E-state index contributed by atoms with van der Waals surface area (Å²) in [6, 6.07) is 8.93. The van der Waals surface area contributed by atoms with Crippen molar-refractivity contribution in [3.8, 4) is 0 Å². The van der Waals surface area contributed by atoms with E-state index in [0.717, 1.165) is 28.3 Å². The van der Waals surface area contributed by atoms with Crippen LogP contribution in [0.2, 0.25) is 0 Å². The number of carbonyl (C=O) groups excluding carboxylic acids is 1. The Bertz CT molecular complexity index is 1390. The minimum absolute atomic E-state index is 0.154. The summed E-state index contributed by atoms with van der Waals surface area (Å²) >= 11 is 0. The van der Waals surface area contributed by atoms with E-state index in [1.807, 2.05) is 18.4 Å². The highest BCUT2D eigenvalue weighted by atomic mass is 32.2. The second-order valence-electron chi connectivity index (χ2n) is 9.32. The van der Waals surface area contributed by atoms with Crippen molar-refractivity contribution < 1.29 is 17.6 Å². The third-order valence-corrected chi connectivity index (χ3v) is 8.51. The van der Waals surface area contributed by atoms with E-state index < -0.39 is 10.0 Å². The minimum Gasteiger partial charge on any atom is -0.314 e. The summed E-state index contributed by atoms with van der Waals surface area (Å²) in [6.07, 6.45) is 1.52. The fourth-order valence-electron chi connectivity index (χ4n) is 4.52. The van der Waals surface area contributed by atoms with Gasteiger partial charge < -0.3 is 14.8 Å². The van der Waals surface area contributed by atoms with Crippen LogP contribution in [0, 0.1) is 26.6 Å². The molecular weight excluding hydrogens is 483 g/mol. The Hall–Kier alpha value is -3.31. The molecule has 1 fully saturated rings. The molecule has 1 N–H and O–H groups in total. The van der Waals surface area contributed by atoms with Gasteiger partial charge in [-0.2, -0.15) is 0 Å². The highest BCUT2D eigenvalue weighted by Crippen LogP contribution is 2.33. The molecule has 0 spiro atoms. The van der Waals surface area contributed by atoms with Crippen LogP contribution in [0.25, 0.3) is 0 Å². The lowest BCUT2D eigenvalue weighted by Crippen LogP contribution is -2.36. The number of aromatic nitrogens is 3. The Morgan fingerprint density at radius 3 is 2.47 bits per heavy atom. The number of amides is 2. The van der Waals surface area contributed by atoms with E-state index in [-0.39, 0.29) is 22.8 Å². The molecule has 1 aromatic heterocycles. The van der Waals surface area contributed by atoms with Crippen LogP contribution in [-0.4, -0.2) is 59.1 Å². The van der Waals surface area contributed by atoms with Crippen LogP contribution >= 0.6 is 0 Å². The zero-order valence-corrected chi connectivity index (χ0v) is 21.9. The van der Waals surface area contributed by atoms with Crippen LogP contribution in [0.3, 0.4) is 0 Å². The van der Waals surface area contributed by atoms with Crippen molar-refractivity contribution in [1.82, 2.24) is 24.0 Å². The summed E-state index contributed by atoms with van der Waals surface area (Å²) in [6.45, 7) is 6.41. The lowest BCUT2D eigenvalue weighted by molar-refractivity contribution is 0.203. The largest absolute Gasteiger partial charge is 0.322 e. The average molecular weight is 515 g/mol. The SMILES string of the molecule is Cc1cc(C)c(S(=O)(=O)N(C)C)cc1NC(=O)N1CCC[C@@H]1c1nnc(C)n1Cc1ccc(F)cc1. The smallest absolute Gasteiger partial charge is 0.314 e. The number of hydrogen-bond acceptors (Lipinski definition) is 5. The number of halogens is 1. The van der Waals surface area contributed by atoms with Crippen LogP contribution in [0.1, 0.15) is 47.2 Å². The summed E-state index contributed by atoms with van der Waals surface area (Å²) in [7, 11) is -0.711. The predicted octanol–water partition coefficient (Wildman–Crippen LogP) is 4.01. The van der Waals surface area contributed by atoms with Crippen molar-refractivity contribution in [2.45, 2.75) is 51.1 Å². The monoisotopic (exact) mass is 514 g/mol. The standard InChI is InChI=1S/C25H31FN6O3S/c1-16-13-17(2)23(36(34,35)30(4)5)14-21(16)27-25(33)31-12-6-7-22(31)24-29-28-18(3)32(24)15-19-8-10-20(26)11-9-19/h8-11,13-14,22H,6-7,12,15H2,1-5H3,(H,27,33)/t22-/m1/s1. The third-order valence-electron chi connectivity index (χ3n) is 6.55. The van der Waals surface area contributed by atoms with Crippen LogP contribution < -0.4 is 5.32 Å². The molecule has 0 radical (unpaired) electrons. The lowest BCUT2D eigenvalue weighted by Gasteiger charge is -2.26. The number of urea groups is 1. The molecule has 1 atom stereocenters. The van der Waals surface area contributed by atoms with Crippen molar-refractivity contribution in [1.29, 1.82) is 0 Å². The Morgan fingerprint density at radius 2 is 1.81 bits per heavy atom. The summed E-state index contributed by atoms with van der Waals surface area (Å²) in [5.74, 6) is 1.07. The highest BCUT2D eigenvalue weighted by molar-refractivity contribution is 7.89. The molecule has 3 aromatic rings. The molecule has 4 rings (SSSR count). The third kappa shape index (κ3) is 4.98. The summed E-state index contributed by atoms with van der Waals surface area (Å²) in [4.78, 5) is 15.3. The molecule has 2 amide bonds. The van der Waals surface area contributed by atoms with Crippen LogP contribution in [0.4, 0.5) is 14.9 Å². The lowest BCUT2D eigenvalue weighted by atomic mass is 10.1. The average Bonchev–Trinajstić information content (AvgIpc) is 3.43. The summed E-state index contributed by atoms with van der Waals surface area (Å²) < 4.78 is 42.0. The highest BCUT2D eigenvalue weighted by Gasteiger charge is 2.34. The molecule has 1 aliphatic rings. The first kappa shape index (κ1) is 25.8. The molecule has 0 saturated carbocycles. The quantitative estimate of drug-likeness (QED) is 0.536. The van der Waals surface area contributed by atoms with Crippen molar-refractivity contribution in [3.05, 3.63) is 70.6 Å². The van der Waals surface area contributed by atoms with Crippen molar-refractivity contribution in [2.24, 2.45) is 0 Å². The fraction of sp³-hybridized carbons (Fsp3) is 0.400. The van der Waals surface area contributed by atoms with Gasteiger partial charge in [-0.25, -0.2) is 21.9 Å². The van der Waals surface area contributed by atoms with E-state index in [0.29, 0.717) is 36.0 Å². The second kappa shape index (κ2) is 9.98. The first-order valence-corrected chi connectivity index (χ1v) is 13.2. The van der Waals surface area contributed by atoms with Crippen molar-refractivity contribution in [2.75, 3.05) is 26.0 Å². The molecule has 2 aromatic carbocycles. The Balaban J connectivity index is 1.60. The molecule has 36 heavy (non-hydrogen) atoms. The van der Waals surface area contributed by atoms with Gasteiger partial charge in [-0.05, 0) is 68.5 Å². The van der Waals surface area contributed by atoms with Crippen molar-refractivity contribution in [3.63, 3.8) is 0 Å². The van der Waals surface area contributed by atoms with Gasteiger partial charge in [0.2, 0.25) is 10.0 Å². The van der Waals surface area contributed by atoms with Gasteiger partial charge in [0.15, 0.2) is 5.82 Å². The molecule has 1 saturated heterocycles. The molecule has 0 bridgehead atoms. The maximum Gasteiger partial charge on any atom is 0.322 e. The van der Waals surface area contributed by atoms with Crippen LogP contribution in [-0.2, 0) is 16.6 Å². The molecular formula is C25H31FN6O3S. The van der Waals surface area contributed by atoms with E-state index in [2.05, 4.69) is 15.5 Å². The van der Waals surface area contributed by atoms with Gasteiger partial charge in [-0.15, -0.1) is 10.2 Å². The number of nitrogens with one attached hydrogen (secondary N) is 1. The van der Waals surface area contributed by atoms with Crippen LogP contribution in [0.15, 0.2) is 41.3 Å². The van der Waals surface area contributed by atoms with Gasteiger partial charge in [0.1, 0.15) is 11.6 Å². The zero-order chi connectivity index (χ0) is 26.2. The van der Waals surface area contributed by atoms with E-state index in [1.165, 1.54) is 32.3 Å². The van der Waals surface area contributed by atoms with E-state index in [4.69, 9.17) is 0 Å². The van der Waals surface area contributed by atoms with Crippen LogP contribution in [0.5, 0.6) is 0 Å². The zero-order valence-electron chi connectivity index (χ0n) is 21.1. The summed E-state index contributed by atoms with van der Waals surface area (Å²) in [5, 5.41) is 11.5. The number of aryl methyl sites for hydroxylation is 3. The van der Waals surface area contributed by atoms with Gasteiger partial charge in [-0.1, -0.05) is 18.2 Å². The van der Waals surface area contributed by atoms with Gasteiger partial charge in [0, 0.05) is 26.3 Å². The van der Waals surface area contributed by atoms with Gasteiger partial charge in [-0.3, -0.25) is 0 Å². The molecule has 0 unspecified atom stereocenters. The number of carbonyl (C=O) groups is 1. The van der Waals surface area contributed by atoms with Gasteiger partial charge in [0.25, 0.3) is 0 Å². The molecule has 9 nitrogen and oxygen atoms in total. The van der Waals surface area contributed by atoms with E-state index in [9.17, 15) is 17.6 Å². The Labute approximate surface area is 211 Å². The number of rotatable bonds is 6. The molecule has 11 heteroatoms. The molecule has 0 aliphatic carbocycles. The van der Waals surface area contributed by atoms with Gasteiger partial charge >= 0.3 is 6.03 Å². The topological polar surface area (TPSA) is 100 Å². The molecule has 192 valence electrons. The first-order valence-electron chi connectivity index (χ1n) is 11.7. The fourth-order valence-corrected chi connectivity index (χ4v) is 5.64. The minimum atomic E-state index is -3.67. The number of hydrogen-bond donors (Lipinski definition) is 1. The number of likely N-dealkylation sites (tertiary alicyclic amines) is 1. The Morgan fingerprint density at radius 1 is 1.11 bits per heavy atom. The molecule has 2 heterocycles.